The van der Waals surface area contributed by atoms with Crippen LogP contribution in [0.1, 0.15) is 17.4 Å². The normalized spacial score (nSPS) is 11.6. The maximum atomic E-state index is 5.49. The third-order valence-corrected chi connectivity index (χ3v) is 2.91. The Morgan fingerprint density at radius 3 is 2.68 bits per heavy atom. The molecule has 1 heterocycles. The Balaban J connectivity index is 2.16. The molecule has 1 aromatic carbocycles. The summed E-state index contributed by atoms with van der Waals surface area (Å²) >= 11 is 5.26. The third-order valence-electron chi connectivity index (χ3n) is 2.64. The fourth-order valence-corrected chi connectivity index (χ4v) is 1.97. The van der Waals surface area contributed by atoms with Gasteiger partial charge in [0.2, 0.25) is 0 Å². The highest BCUT2D eigenvalue weighted by atomic mass is 32.1. The molecule has 4 heteroatoms. The van der Waals surface area contributed by atoms with Crippen LogP contribution >= 0.6 is 12.2 Å². The van der Waals surface area contributed by atoms with Crippen molar-refractivity contribution in [1.29, 1.82) is 0 Å². The first-order valence-corrected chi connectivity index (χ1v) is 6.45. The van der Waals surface area contributed by atoms with Gasteiger partial charge in [-0.2, -0.15) is 0 Å². The first-order chi connectivity index (χ1) is 9.31. The first kappa shape index (κ1) is 13.4. The molecule has 3 nitrogen and oxygen atoms in total. The molecule has 2 N–H and O–H groups in total. The van der Waals surface area contributed by atoms with Gasteiger partial charge in [-0.1, -0.05) is 36.4 Å². The molecule has 0 radical (unpaired) electrons. The van der Waals surface area contributed by atoms with Crippen molar-refractivity contribution < 1.29 is 4.42 Å². The summed E-state index contributed by atoms with van der Waals surface area (Å²) < 4.78 is 5.49. The molecule has 0 saturated heterocycles. The Kier molecular flexibility index (Phi) is 4.75. The van der Waals surface area contributed by atoms with Crippen molar-refractivity contribution in [2.45, 2.75) is 6.04 Å². The van der Waals surface area contributed by atoms with Crippen LogP contribution in [0.2, 0.25) is 0 Å². The summed E-state index contributed by atoms with van der Waals surface area (Å²) in [5, 5.41) is 6.88. The smallest absolute Gasteiger partial charge is 0.167 e. The lowest BCUT2D eigenvalue weighted by Crippen LogP contribution is -2.38. The quantitative estimate of drug-likeness (QED) is 0.648. The minimum absolute atomic E-state index is 0.0963. The average Bonchev–Trinajstić information content (AvgIpc) is 2.97. The molecular formula is C15H16N2OS. The van der Waals surface area contributed by atoms with Gasteiger partial charge in [-0.05, 0) is 29.9 Å². The molecule has 0 fully saturated rings. The van der Waals surface area contributed by atoms with Gasteiger partial charge in [0.25, 0.3) is 0 Å². The van der Waals surface area contributed by atoms with E-state index in [0.29, 0.717) is 11.7 Å². The Hall–Kier alpha value is -2.07. The van der Waals surface area contributed by atoms with Crippen LogP contribution in [-0.2, 0) is 0 Å². The Morgan fingerprint density at radius 1 is 1.26 bits per heavy atom. The van der Waals surface area contributed by atoms with Crippen molar-refractivity contribution in [3.8, 4) is 0 Å². The van der Waals surface area contributed by atoms with E-state index in [1.165, 1.54) is 0 Å². The van der Waals surface area contributed by atoms with E-state index in [1.54, 1.807) is 12.3 Å². The summed E-state index contributed by atoms with van der Waals surface area (Å²) in [7, 11) is 0. The molecule has 19 heavy (non-hydrogen) atoms. The van der Waals surface area contributed by atoms with E-state index in [1.807, 2.05) is 42.5 Å². The van der Waals surface area contributed by atoms with Gasteiger partial charge in [0.15, 0.2) is 5.11 Å². The summed E-state index contributed by atoms with van der Waals surface area (Å²) in [4.78, 5) is 0. The number of thiocarbonyl (C=S) groups is 1. The van der Waals surface area contributed by atoms with Gasteiger partial charge < -0.3 is 15.1 Å². The van der Waals surface area contributed by atoms with Gasteiger partial charge in [0.1, 0.15) is 11.8 Å². The van der Waals surface area contributed by atoms with Gasteiger partial charge in [0, 0.05) is 6.54 Å². The fraction of sp³-hybridized carbons (Fsp3) is 0.133. The van der Waals surface area contributed by atoms with E-state index in [4.69, 9.17) is 16.6 Å². The minimum Gasteiger partial charge on any atom is -0.467 e. The van der Waals surface area contributed by atoms with Crippen LogP contribution in [0, 0.1) is 0 Å². The topological polar surface area (TPSA) is 37.2 Å². The number of hydrogen-bond acceptors (Lipinski definition) is 2. The number of nitrogens with one attached hydrogen (secondary N) is 2. The molecular weight excluding hydrogens is 256 g/mol. The maximum absolute atomic E-state index is 5.49. The fourth-order valence-electron chi connectivity index (χ4n) is 1.77. The highest BCUT2D eigenvalue weighted by Gasteiger charge is 2.17. The van der Waals surface area contributed by atoms with Crippen molar-refractivity contribution in [2.24, 2.45) is 0 Å². The van der Waals surface area contributed by atoms with Gasteiger partial charge in [-0.15, -0.1) is 6.58 Å². The van der Waals surface area contributed by atoms with Crippen LogP contribution in [-0.4, -0.2) is 11.7 Å². The van der Waals surface area contributed by atoms with Crippen LogP contribution in [0.3, 0.4) is 0 Å². The van der Waals surface area contributed by atoms with E-state index in [2.05, 4.69) is 17.2 Å². The van der Waals surface area contributed by atoms with Gasteiger partial charge in [0.05, 0.1) is 6.26 Å². The Bertz CT molecular complexity index is 522. The minimum atomic E-state index is -0.0963. The number of furan rings is 1. The number of rotatable bonds is 5. The molecule has 0 unspecified atom stereocenters. The van der Waals surface area contributed by atoms with E-state index >= 15 is 0 Å². The van der Waals surface area contributed by atoms with Crippen LogP contribution in [0.5, 0.6) is 0 Å². The highest BCUT2D eigenvalue weighted by molar-refractivity contribution is 7.80. The lowest BCUT2D eigenvalue weighted by atomic mass is 10.1. The molecule has 0 aliphatic carbocycles. The van der Waals surface area contributed by atoms with Crippen LogP contribution in [0.15, 0.2) is 65.8 Å². The number of hydrogen-bond donors (Lipinski definition) is 2. The largest absolute Gasteiger partial charge is 0.467 e. The molecule has 0 aliphatic rings. The van der Waals surface area contributed by atoms with E-state index in [-0.39, 0.29) is 6.04 Å². The predicted molar refractivity (Wildman–Crippen MR) is 80.9 cm³/mol. The van der Waals surface area contributed by atoms with Crippen LogP contribution in [0.25, 0.3) is 0 Å². The maximum Gasteiger partial charge on any atom is 0.167 e. The van der Waals surface area contributed by atoms with Gasteiger partial charge in [-0.25, -0.2) is 0 Å². The molecule has 0 amide bonds. The van der Waals surface area contributed by atoms with Crippen molar-refractivity contribution >= 4 is 17.3 Å². The second-order valence-corrected chi connectivity index (χ2v) is 4.41. The van der Waals surface area contributed by atoms with Gasteiger partial charge >= 0.3 is 0 Å². The lowest BCUT2D eigenvalue weighted by Gasteiger charge is -2.19. The van der Waals surface area contributed by atoms with E-state index < -0.39 is 0 Å². The molecule has 2 rings (SSSR count). The zero-order valence-electron chi connectivity index (χ0n) is 10.5. The van der Waals surface area contributed by atoms with Crippen molar-refractivity contribution in [1.82, 2.24) is 10.6 Å². The lowest BCUT2D eigenvalue weighted by molar-refractivity contribution is 0.474. The average molecular weight is 272 g/mol. The van der Waals surface area contributed by atoms with Crippen molar-refractivity contribution in [3.63, 3.8) is 0 Å². The molecule has 1 atom stereocenters. The van der Waals surface area contributed by atoms with Crippen LogP contribution in [0.4, 0.5) is 0 Å². The zero-order valence-corrected chi connectivity index (χ0v) is 11.3. The second-order valence-electron chi connectivity index (χ2n) is 4.00. The standard InChI is InChI=1S/C15H16N2OS/c1-2-10-16-15(19)17-14(13-9-6-11-18-13)12-7-4-3-5-8-12/h2-9,11,14H,1,10H2,(H2,16,17,19)/t14-/m1/s1. The second kappa shape index (κ2) is 6.75. The number of benzene rings is 1. The van der Waals surface area contributed by atoms with Crippen molar-refractivity contribution in [3.05, 3.63) is 72.7 Å². The molecule has 2 aromatic rings. The Morgan fingerprint density at radius 2 is 2.05 bits per heavy atom. The molecule has 0 bridgehead atoms. The molecule has 0 spiro atoms. The SMILES string of the molecule is C=CCNC(=S)N[C@H](c1ccccc1)c1ccco1. The molecule has 0 aliphatic heterocycles. The summed E-state index contributed by atoms with van der Waals surface area (Å²) in [6.07, 6.45) is 3.42. The molecule has 0 saturated carbocycles. The predicted octanol–water partition coefficient (Wildman–Crippen LogP) is 3.02. The monoisotopic (exact) mass is 272 g/mol. The Labute approximate surface area is 118 Å². The zero-order chi connectivity index (χ0) is 13.5. The molecule has 98 valence electrons. The summed E-state index contributed by atoms with van der Waals surface area (Å²) in [5.41, 5.74) is 1.10. The molecule has 1 aromatic heterocycles. The third kappa shape index (κ3) is 3.69. The van der Waals surface area contributed by atoms with Gasteiger partial charge in [-0.3, -0.25) is 0 Å². The van der Waals surface area contributed by atoms with E-state index in [0.717, 1.165) is 11.3 Å². The highest BCUT2D eigenvalue weighted by Crippen LogP contribution is 2.22. The van der Waals surface area contributed by atoms with E-state index in [9.17, 15) is 0 Å². The summed E-state index contributed by atoms with van der Waals surface area (Å²) in [5.74, 6) is 0.828. The van der Waals surface area contributed by atoms with Crippen LogP contribution < -0.4 is 10.6 Å². The first-order valence-electron chi connectivity index (χ1n) is 6.05. The van der Waals surface area contributed by atoms with Crippen molar-refractivity contribution in [2.75, 3.05) is 6.54 Å². The summed E-state index contributed by atoms with van der Waals surface area (Å²) in [6, 6.07) is 13.7. The summed E-state index contributed by atoms with van der Waals surface area (Å²) in [6.45, 7) is 4.28.